The maximum Gasteiger partial charge on any atom is 0.164 e. The summed E-state index contributed by atoms with van der Waals surface area (Å²) in [6, 6.07) is 65.7. The fourth-order valence-electron chi connectivity index (χ4n) is 7.78. The van der Waals surface area contributed by atoms with E-state index >= 15 is 0 Å². The molecule has 56 heavy (non-hydrogen) atoms. The highest BCUT2D eigenvalue weighted by Gasteiger charge is 2.17. The minimum atomic E-state index is 0.590. The van der Waals surface area contributed by atoms with Gasteiger partial charge in [0.15, 0.2) is 17.5 Å². The van der Waals surface area contributed by atoms with Crippen molar-refractivity contribution in [2.24, 2.45) is 0 Å². The number of hydrogen-bond donors (Lipinski definition) is 0. The van der Waals surface area contributed by atoms with Crippen LogP contribution in [0.1, 0.15) is 0 Å². The molecule has 8 aromatic carbocycles. The van der Waals surface area contributed by atoms with E-state index in [4.69, 9.17) is 19.4 Å². The van der Waals surface area contributed by atoms with Gasteiger partial charge in [0.1, 0.15) is 11.2 Å². The number of fused-ring (bicyclic) bond motifs is 6. The Morgan fingerprint density at radius 2 is 0.911 bits per heavy atom. The first kappa shape index (κ1) is 32.2. The van der Waals surface area contributed by atoms with E-state index in [1.165, 1.54) is 36.9 Å². The highest BCUT2D eigenvalue weighted by atomic mass is 32.1. The Bertz CT molecular complexity index is 3240. The van der Waals surface area contributed by atoms with Gasteiger partial charge in [-0.05, 0) is 81.9 Å². The minimum absolute atomic E-state index is 0.590. The number of nitrogens with zero attached hydrogens (tertiary/aromatic N) is 3. The van der Waals surface area contributed by atoms with Crippen molar-refractivity contribution in [2.45, 2.75) is 0 Å². The molecule has 3 heterocycles. The third kappa shape index (κ3) is 5.65. The largest absolute Gasteiger partial charge is 0.456 e. The van der Waals surface area contributed by atoms with E-state index < -0.39 is 0 Å². The summed E-state index contributed by atoms with van der Waals surface area (Å²) in [5.74, 6) is 1.83. The van der Waals surface area contributed by atoms with E-state index in [1.54, 1.807) is 0 Å². The lowest BCUT2D eigenvalue weighted by Crippen LogP contribution is -2.00. The van der Waals surface area contributed by atoms with Crippen molar-refractivity contribution in [3.05, 3.63) is 188 Å². The molecular weight excluding hydrogens is 703 g/mol. The van der Waals surface area contributed by atoms with E-state index in [0.29, 0.717) is 17.5 Å². The molecule has 0 N–H and O–H groups in total. The Hall–Kier alpha value is -7.21. The number of benzene rings is 8. The Balaban J connectivity index is 1.02. The van der Waals surface area contributed by atoms with Crippen molar-refractivity contribution in [1.29, 1.82) is 0 Å². The summed E-state index contributed by atoms with van der Waals surface area (Å²) < 4.78 is 9.11. The number of thiophene rings is 1. The topological polar surface area (TPSA) is 51.8 Å². The van der Waals surface area contributed by atoms with Gasteiger partial charge < -0.3 is 4.42 Å². The van der Waals surface area contributed by atoms with Gasteiger partial charge in [-0.3, -0.25) is 0 Å². The zero-order valence-electron chi connectivity index (χ0n) is 30.1. The molecule has 0 fully saturated rings. The average molecular weight is 734 g/mol. The second-order valence-corrected chi connectivity index (χ2v) is 15.1. The molecule has 0 spiro atoms. The van der Waals surface area contributed by atoms with E-state index in [1.807, 2.05) is 47.7 Å². The van der Waals surface area contributed by atoms with Crippen LogP contribution < -0.4 is 0 Å². The molecule has 0 aliphatic carbocycles. The second-order valence-electron chi connectivity index (χ2n) is 14.0. The first-order valence-electron chi connectivity index (χ1n) is 18.7. The highest BCUT2D eigenvalue weighted by molar-refractivity contribution is 7.26. The summed E-state index contributed by atoms with van der Waals surface area (Å²) in [5, 5.41) is 4.72. The summed E-state index contributed by atoms with van der Waals surface area (Å²) in [6.07, 6.45) is 0. The molecular formula is C51H31N3OS. The number of aromatic nitrogens is 3. The maximum atomic E-state index is 6.53. The molecule has 3 aromatic heterocycles. The van der Waals surface area contributed by atoms with Crippen LogP contribution in [0.15, 0.2) is 192 Å². The lowest BCUT2D eigenvalue weighted by Gasteiger charge is -2.10. The standard InChI is InChI=1S/C51H31N3OS/c1-4-13-32(14-5-1)35-19-12-20-37(27-35)50-52-49(34-17-8-3-9-18-34)53-51(54-50)38-23-25-40-43-28-36(24-26-44(43)55-45(40)30-38)39-29-42(33-15-6-2-7-16-33)48-41-21-10-11-22-46(41)56-47(48)31-39/h1-31H. The van der Waals surface area contributed by atoms with E-state index in [2.05, 4.69) is 152 Å². The molecule has 262 valence electrons. The van der Waals surface area contributed by atoms with Gasteiger partial charge >= 0.3 is 0 Å². The van der Waals surface area contributed by atoms with E-state index in [0.717, 1.165) is 55.3 Å². The third-order valence-electron chi connectivity index (χ3n) is 10.5. The highest BCUT2D eigenvalue weighted by Crippen LogP contribution is 2.44. The van der Waals surface area contributed by atoms with Gasteiger partial charge in [0.25, 0.3) is 0 Å². The van der Waals surface area contributed by atoms with Gasteiger partial charge in [-0.25, -0.2) is 15.0 Å². The van der Waals surface area contributed by atoms with Gasteiger partial charge in [0, 0.05) is 47.6 Å². The van der Waals surface area contributed by atoms with Gasteiger partial charge in [-0.15, -0.1) is 11.3 Å². The van der Waals surface area contributed by atoms with Gasteiger partial charge in [-0.1, -0.05) is 140 Å². The minimum Gasteiger partial charge on any atom is -0.456 e. The number of hydrogen-bond acceptors (Lipinski definition) is 5. The maximum absolute atomic E-state index is 6.53. The Morgan fingerprint density at radius 3 is 1.68 bits per heavy atom. The molecule has 11 aromatic rings. The van der Waals surface area contributed by atoms with Crippen LogP contribution in [0.5, 0.6) is 0 Å². The molecule has 4 nitrogen and oxygen atoms in total. The Kier molecular flexibility index (Phi) is 7.64. The molecule has 0 radical (unpaired) electrons. The summed E-state index contributed by atoms with van der Waals surface area (Å²) >= 11 is 1.85. The summed E-state index contributed by atoms with van der Waals surface area (Å²) in [7, 11) is 0. The number of furan rings is 1. The fourth-order valence-corrected chi connectivity index (χ4v) is 8.95. The lowest BCUT2D eigenvalue weighted by molar-refractivity contribution is 0.669. The second kappa shape index (κ2) is 13.3. The molecule has 11 rings (SSSR count). The molecule has 0 aliphatic rings. The van der Waals surface area contributed by atoms with Crippen LogP contribution in [-0.4, -0.2) is 15.0 Å². The van der Waals surface area contributed by atoms with Gasteiger partial charge in [-0.2, -0.15) is 0 Å². The van der Waals surface area contributed by atoms with Crippen LogP contribution in [-0.2, 0) is 0 Å². The number of rotatable bonds is 6. The van der Waals surface area contributed by atoms with Crippen molar-refractivity contribution in [3.63, 3.8) is 0 Å². The summed E-state index contributed by atoms with van der Waals surface area (Å²) in [5.41, 5.74) is 11.4. The van der Waals surface area contributed by atoms with Crippen molar-refractivity contribution < 1.29 is 4.42 Å². The van der Waals surface area contributed by atoms with Crippen LogP contribution in [0.3, 0.4) is 0 Å². The molecule has 0 saturated heterocycles. The predicted molar refractivity (Wildman–Crippen MR) is 233 cm³/mol. The van der Waals surface area contributed by atoms with Crippen LogP contribution >= 0.6 is 11.3 Å². The summed E-state index contributed by atoms with van der Waals surface area (Å²) in [4.78, 5) is 15.0. The predicted octanol–water partition coefficient (Wildman–Crippen LogP) is 14.1. The van der Waals surface area contributed by atoms with E-state index in [9.17, 15) is 0 Å². The molecule has 0 bridgehead atoms. The molecule has 0 aliphatic heterocycles. The zero-order valence-corrected chi connectivity index (χ0v) is 30.9. The van der Waals surface area contributed by atoms with Crippen LogP contribution in [0, 0.1) is 0 Å². The molecule has 5 heteroatoms. The third-order valence-corrected chi connectivity index (χ3v) is 11.6. The zero-order chi connectivity index (χ0) is 37.0. The monoisotopic (exact) mass is 733 g/mol. The quantitative estimate of drug-likeness (QED) is 0.171. The van der Waals surface area contributed by atoms with Crippen molar-refractivity contribution in [2.75, 3.05) is 0 Å². The van der Waals surface area contributed by atoms with Crippen molar-refractivity contribution >= 4 is 53.4 Å². The van der Waals surface area contributed by atoms with Gasteiger partial charge in [0.2, 0.25) is 0 Å². The molecule has 0 saturated carbocycles. The van der Waals surface area contributed by atoms with Crippen molar-refractivity contribution in [3.8, 4) is 67.5 Å². The first-order chi connectivity index (χ1) is 27.7. The molecule has 0 atom stereocenters. The Labute approximate surface area is 327 Å². The first-order valence-corrected chi connectivity index (χ1v) is 19.5. The molecule has 0 unspecified atom stereocenters. The fraction of sp³-hybridized carbons (Fsp3) is 0. The normalized spacial score (nSPS) is 11.6. The molecule has 0 amide bonds. The van der Waals surface area contributed by atoms with E-state index in [-0.39, 0.29) is 0 Å². The summed E-state index contributed by atoms with van der Waals surface area (Å²) in [6.45, 7) is 0. The van der Waals surface area contributed by atoms with Crippen LogP contribution in [0.2, 0.25) is 0 Å². The average Bonchev–Trinajstić information content (AvgIpc) is 3.84. The van der Waals surface area contributed by atoms with Crippen LogP contribution in [0.25, 0.3) is 110 Å². The SMILES string of the molecule is c1ccc(-c2cccc(-c3nc(-c4ccccc4)nc(-c4ccc5c(c4)oc4ccc(-c6cc(-c7ccccc7)c7c(c6)sc6ccccc67)cc45)n3)c2)cc1. The van der Waals surface area contributed by atoms with Crippen molar-refractivity contribution in [1.82, 2.24) is 15.0 Å². The Morgan fingerprint density at radius 1 is 0.321 bits per heavy atom. The van der Waals surface area contributed by atoms with Crippen LogP contribution in [0.4, 0.5) is 0 Å². The smallest absolute Gasteiger partial charge is 0.164 e. The van der Waals surface area contributed by atoms with Gasteiger partial charge in [0.05, 0.1) is 0 Å². The lowest BCUT2D eigenvalue weighted by atomic mass is 9.94.